The highest BCUT2D eigenvalue weighted by atomic mass is 16.6. The van der Waals surface area contributed by atoms with Crippen LogP contribution < -0.4 is 5.32 Å². The molecular weight excluding hydrogens is 354 g/mol. The number of rotatable bonds is 6. The van der Waals surface area contributed by atoms with Crippen molar-refractivity contribution in [2.24, 2.45) is 11.8 Å². The van der Waals surface area contributed by atoms with Crippen molar-refractivity contribution in [1.82, 2.24) is 4.90 Å². The molecule has 0 radical (unpaired) electrons. The number of piperidine rings is 1. The molecule has 0 aromatic heterocycles. The first-order chi connectivity index (χ1) is 13.0. The van der Waals surface area contributed by atoms with Gasteiger partial charge < -0.3 is 15.0 Å². The summed E-state index contributed by atoms with van der Waals surface area (Å²) in [6.07, 6.45) is 2.94. The van der Waals surface area contributed by atoms with Gasteiger partial charge in [0.05, 0.1) is 10.8 Å². The van der Waals surface area contributed by atoms with Crippen LogP contribution in [0.1, 0.15) is 25.7 Å². The van der Waals surface area contributed by atoms with Crippen molar-refractivity contribution >= 4 is 29.2 Å². The van der Waals surface area contributed by atoms with Crippen molar-refractivity contribution < 1.29 is 24.0 Å². The fourth-order valence-corrected chi connectivity index (χ4v) is 3.10. The van der Waals surface area contributed by atoms with Crippen LogP contribution in [-0.2, 0) is 19.1 Å². The van der Waals surface area contributed by atoms with Crippen molar-refractivity contribution in [2.45, 2.75) is 25.7 Å². The Bertz CT molecular complexity index is 753. The molecule has 1 aromatic carbocycles. The molecule has 1 saturated carbocycles. The number of benzene rings is 1. The predicted molar refractivity (Wildman–Crippen MR) is 94.7 cm³/mol. The average Bonchev–Trinajstić information content (AvgIpc) is 3.51. The number of anilines is 1. The Kier molecular flexibility index (Phi) is 5.68. The number of ether oxygens (including phenoxy) is 1. The minimum absolute atomic E-state index is 0.0513. The number of nitrogens with one attached hydrogen (secondary N) is 1. The van der Waals surface area contributed by atoms with E-state index in [1.807, 2.05) is 0 Å². The number of amides is 2. The van der Waals surface area contributed by atoms with Crippen molar-refractivity contribution in [2.75, 3.05) is 25.0 Å². The van der Waals surface area contributed by atoms with E-state index in [9.17, 15) is 24.5 Å². The van der Waals surface area contributed by atoms with Crippen LogP contribution in [0.3, 0.4) is 0 Å². The summed E-state index contributed by atoms with van der Waals surface area (Å²) < 4.78 is 5.05. The molecule has 1 N–H and O–H groups in total. The topological polar surface area (TPSA) is 119 Å². The van der Waals surface area contributed by atoms with E-state index in [0.29, 0.717) is 25.9 Å². The Morgan fingerprint density at radius 2 is 1.78 bits per heavy atom. The monoisotopic (exact) mass is 375 g/mol. The van der Waals surface area contributed by atoms with Gasteiger partial charge in [-0.1, -0.05) is 12.1 Å². The molecule has 9 nitrogen and oxygen atoms in total. The summed E-state index contributed by atoms with van der Waals surface area (Å²) in [6.45, 7) is 0.543. The summed E-state index contributed by atoms with van der Waals surface area (Å²) in [7, 11) is 0. The van der Waals surface area contributed by atoms with Gasteiger partial charge in [-0.3, -0.25) is 24.5 Å². The predicted octanol–water partition coefficient (Wildman–Crippen LogP) is 1.73. The molecule has 1 aliphatic carbocycles. The van der Waals surface area contributed by atoms with Gasteiger partial charge in [0.15, 0.2) is 6.61 Å². The second-order valence-electron chi connectivity index (χ2n) is 6.80. The van der Waals surface area contributed by atoms with E-state index >= 15 is 0 Å². The molecule has 2 amide bonds. The summed E-state index contributed by atoms with van der Waals surface area (Å²) in [4.78, 5) is 48.2. The van der Waals surface area contributed by atoms with Gasteiger partial charge in [-0.2, -0.15) is 0 Å². The van der Waals surface area contributed by atoms with Gasteiger partial charge in [0.2, 0.25) is 5.91 Å². The highest BCUT2D eigenvalue weighted by Crippen LogP contribution is 2.32. The second kappa shape index (κ2) is 8.15. The van der Waals surface area contributed by atoms with E-state index in [-0.39, 0.29) is 29.1 Å². The lowest BCUT2D eigenvalue weighted by molar-refractivity contribution is -0.383. The zero-order valence-corrected chi connectivity index (χ0v) is 14.8. The molecule has 2 aliphatic rings. The van der Waals surface area contributed by atoms with E-state index in [1.165, 1.54) is 18.2 Å². The van der Waals surface area contributed by atoms with Gasteiger partial charge >= 0.3 is 5.97 Å². The molecule has 0 unspecified atom stereocenters. The number of hydrogen-bond donors (Lipinski definition) is 1. The summed E-state index contributed by atoms with van der Waals surface area (Å²) in [5.74, 6) is -1.12. The molecule has 1 aromatic rings. The zero-order chi connectivity index (χ0) is 19.4. The molecule has 27 heavy (non-hydrogen) atoms. The number of nitro benzene ring substituents is 1. The largest absolute Gasteiger partial charge is 0.455 e. The normalized spacial score (nSPS) is 17.3. The Labute approximate surface area is 155 Å². The van der Waals surface area contributed by atoms with Gasteiger partial charge in [0.1, 0.15) is 5.69 Å². The molecule has 3 rings (SSSR count). The number of nitro groups is 1. The fraction of sp³-hybridized carbons (Fsp3) is 0.500. The molecular formula is C18H21N3O6. The van der Waals surface area contributed by atoms with Gasteiger partial charge in [-0.05, 0) is 31.7 Å². The van der Waals surface area contributed by atoms with Crippen LogP contribution >= 0.6 is 0 Å². The highest BCUT2D eigenvalue weighted by molar-refractivity contribution is 5.94. The van der Waals surface area contributed by atoms with Crippen molar-refractivity contribution in [3.05, 3.63) is 34.4 Å². The van der Waals surface area contributed by atoms with E-state index in [1.54, 1.807) is 11.0 Å². The quantitative estimate of drug-likeness (QED) is 0.459. The number of carbonyl (C=O) groups is 3. The van der Waals surface area contributed by atoms with Gasteiger partial charge in [0, 0.05) is 25.1 Å². The number of likely N-dealkylation sites (tertiary alicyclic amines) is 1. The molecule has 0 atom stereocenters. The minimum Gasteiger partial charge on any atom is -0.455 e. The maximum absolute atomic E-state index is 12.1. The molecule has 0 spiro atoms. The molecule has 1 aliphatic heterocycles. The lowest BCUT2D eigenvalue weighted by Crippen LogP contribution is -2.41. The SMILES string of the molecule is O=C(COC(=O)C1CCN(C(=O)C2CC2)CC1)Nc1ccccc1[N+](=O)[O-]. The third-order valence-corrected chi connectivity index (χ3v) is 4.79. The van der Waals surface area contributed by atoms with Crippen molar-refractivity contribution in [1.29, 1.82) is 0 Å². The smallest absolute Gasteiger partial charge is 0.309 e. The van der Waals surface area contributed by atoms with E-state index < -0.39 is 23.4 Å². The third kappa shape index (κ3) is 4.81. The summed E-state index contributed by atoms with van der Waals surface area (Å²) in [5.41, 5.74) is -0.180. The Morgan fingerprint density at radius 3 is 2.41 bits per heavy atom. The number of carbonyl (C=O) groups excluding carboxylic acids is 3. The van der Waals surface area contributed by atoms with Gasteiger partial charge in [-0.25, -0.2) is 0 Å². The highest BCUT2D eigenvalue weighted by Gasteiger charge is 2.36. The lowest BCUT2D eigenvalue weighted by atomic mass is 9.97. The average molecular weight is 375 g/mol. The minimum atomic E-state index is -0.640. The number of esters is 1. The van der Waals surface area contributed by atoms with E-state index in [0.717, 1.165) is 12.8 Å². The zero-order valence-electron chi connectivity index (χ0n) is 14.8. The molecule has 144 valence electrons. The summed E-state index contributed by atoms with van der Waals surface area (Å²) >= 11 is 0. The standard InChI is InChI=1S/C18H21N3O6/c22-16(19-14-3-1-2-4-15(14)21(25)26)11-27-18(24)13-7-9-20(10-8-13)17(23)12-5-6-12/h1-4,12-13H,5-11H2,(H,19,22). The van der Waals surface area contributed by atoms with Crippen LogP contribution in [0.15, 0.2) is 24.3 Å². The molecule has 0 bridgehead atoms. The van der Waals surface area contributed by atoms with Crippen LogP contribution in [0.25, 0.3) is 0 Å². The van der Waals surface area contributed by atoms with Crippen LogP contribution in [-0.4, -0.2) is 47.3 Å². The Hall–Kier alpha value is -2.97. The molecule has 2 fully saturated rings. The molecule has 9 heteroatoms. The van der Waals surface area contributed by atoms with Crippen LogP contribution in [0.5, 0.6) is 0 Å². The Balaban J connectivity index is 1.43. The first kappa shape index (κ1) is 18.8. The number of hydrogen-bond acceptors (Lipinski definition) is 6. The first-order valence-corrected chi connectivity index (χ1v) is 8.94. The maximum atomic E-state index is 12.1. The van der Waals surface area contributed by atoms with Crippen LogP contribution in [0, 0.1) is 22.0 Å². The van der Waals surface area contributed by atoms with Crippen molar-refractivity contribution in [3.63, 3.8) is 0 Å². The molecule has 1 saturated heterocycles. The number of nitrogens with zero attached hydrogens (tertiary/aromatic N) is 2. The summed E-state index contributed by atoms with van der Waals surface area (Å²) in [5, 5.41) is 13.3. The fourth-order valence-electron chi connectivity index (χ4n) is 3.10. The maximum Gasteiger partial charge on any atom is 0.309 e. The van der Waals surface area contributed by atoms with Crippen LogP contribution in [0.4, 0.5) is 11.4 Å². The van der Waals surface area contributed by atoms with Gasteiger partial charge in [-0.15, -0.1) is 0 Å². The first-order valence-electron chi connectivity index (χ1n) is 8.94. The van der Waals surface area contributed by atoms with E-state index in [2.05, 4.69) is 5.32 Å². The van der Waals surface area contributed by atoms with Crippen LogP contribution in [0.2, 0.25) is 0 Å². The lowest BCUT2D eigenvalue weighted by Gasteiger charge is -2.31. The summed E-state index contributed by atoms with van der Waals surface area (Å²) in [6, 6.07) is 5.74. The number of para-hydroxylation sites is 2. The second-order valence-corrected chi connectivity index (χ2v) is 6.80. The molecule has 1 heterocycles. The van der Waals surface area contributed by atoms with Crippen molar-refractivity contribution in [3.8, 4) is 0 Å². The van der Waals surface area contributed by atoms with Gasteiger partial charge in [0.25, 0.3) is 11.6 Å². The Morgan fingerprint density at radius 1 is 1.11 bits per heavy atom. The third-order valence-electron chi connectivity index (χ3n) is 4.79. The van der Waals surface area contributed by atoms with E-state index in [4.69, 9.17) is 4.74 Å².